The van der Waals surface area contributed by atoms with Crippen LogP contribution in [0.15, 0.2) is 11.6 Å². The van der Waals surface area contributed by atoms with Gasteiger partial charge in [-0.05, 0) is 78.6 Å². The summed E-state index contributed by atoms with van der Waals surface area (Å²) in [7, 11) is 0. The van der Waals surface area contributed by atoms with E-state index >= 15 is 0 Å². The molecule has 0 bridgehead atoms. The van der Waals surface area contributed by atoms with Crippen molar-refractivity contribution < 1.29 is 24.9 Å². The van der Waals surface area contributed by atoms with Crippen LogP contribution in [-0.2, 0) is 9.59 Å². The van der Waals surface area contributed by atoms with Gasteiger partial charge in [0.05, 0.1) is 0 Å². The maximum absolute atomic E-state index is 12.7. The molecule has 5 nitrogen and oxygen atoms in total. The maximum Gasteiger partial charge on any atom is 0.339 e. The fraction of sp³-hybridized carbons (Fsp3) is 0.826. The first kappa shape index (κ1) is 20.2. The van der Waals surface area contributed by atoms with E-state index in [9.17, 15) is 24.9 Å². The lowest BCUT2D eigenvalue weighted by Gasteiger charge is -2.59. The molecule has 2 unspecified atom stereocenters. The van der Waals surface area contributed by atoms with Crippen molar-refractivity contribution in [3.05, 3.63) is 11.6 Å². The quantitative estimate of drug-likeness (QED) is 0.630. The fourth-order valence-electron chi connectivity index (χ4n) is 8.12. The van der Waals surface area contributed by atoms with Crippen LogP contribution < -0.4 is 0 Å². The van der Waals surface area contributed by atoms with Crippen molar-refractivity contribution in [2.45, 2.75) is 72.2 Å². The minimum absolute atomic E-state index is 0.0139. The van der Waals surface area contributed by atoms with E-state index in [4.69, 9.17) is 0 Å². The molecule has 156 valence electrons. The molecule has 5 heteroatoms. The van der Waals surface area contributed by atoms with Crippen LogP contribution >= 0.6 is 0 Å². The zero-order valence-electron chi connectivity index (χ0n) is 17.4. The van der Waals surface area contributed by atoms with Crippen LogP contribution in [0.25, 0.3) is 0 Å². The number of carbonyl (C=O) groups is 2. The van der Waals surface area contributed by atoms with Crippen LogP contribution in [0.1, 0.15) is 66.2 Å². The molecule has 0 radical (unpaired) electrons. The van der Waals surface area contributed by atoms with Gasteiger partial charge in [0, 0.05) is 12.3 Å². The summed E-state index contributed by atoms with van der Waals surface area (Å²) < 4.78 is 0. The van der Waals surface area contributed by atoms with Crippen molar-refractivity contribution in [3.63, 3.8) is 0 Å². The molecule has 0 heterocycles. The van der Waals surface area contributed by atoms with Crippen molar-refractivity contribution in [2.75, 3.05) is 0 Å². The summed E-state index contributed by atoms with van der Waals surface area (Å²) >= 11 is 0. The molecule has 4 rings (SSSR count). The molecule has 3 saturated carbocycles. The van der Waals surface area contributed by atoms with E-state index < -0.39 is 17.7 Å². The van der Waals surface area contributed by atoms with Gasteiger partial charge in [-0.1, -0.05) is 33.3 Å². The average Bonchev–Trinajstić information content (AvgIpc) is 2.85. The smallest absolute Gasteiger partial charge is 0.337 e. The second-order valence-corrected chi connectivity index (χ2v) is 10.7. The van der Waals surface area contributed by atoms with E-state index in [1.165, 1.54) is 5.57 Å². The summed E-state index contributed by atoms with van der Waals surface area (Å²) in [5, 5.41) is 28.8. The largest absolute Gasteiger partial charge is 0.339 e. The van der Waals surface area contributed by atoms with Crippen molar-refractivity contribution >= 4 is 11.6 Å². The number of Topliss-reactive ketones (excluding diaryl/α,β-unsaturated/α-hetero) is 1. The molecule has 28 heavy (non-hydrogen) atoms. The first-order valence-electron chi connectivity index (χ1n) is 10.9. The molecule has 3 N–H and O–H groups in total. The van der Waals surface area contributed by atoms with Crippen LogP contribution in [0.3, 0.4) is 0 Å². The predicted octanol–water partition coefficient (Wildman–Crippen LogP) is 2.83. The Bertz CT molecular complexity index is 734. The first-order chi connectivity index (χ1) is 12.9. The highest BCUT2D eigenvalue weighted by Gasteiger charge is 2.64. The third-order valence-electron chi connectivity index (χ3n) is 9.23. The Morgan fingerprint density at radius 2 is 1.79 bits per heavy atom. The van der Waals surface area contributed by atoms with Gasteiger partial charge in [-0.3, -0.25) is 9.59 Å². The predicted molar refractivity (Wildman–Crippen MR) is 104 cm³/mol. The minimum atomic E-state index is -3.25. The Labute approximate surface area is 167 Å². The summed E-state index contributed by atoms with van der Waals surface area (Å²) in [5.74, 6) is -2.71. The molecule has 4 aliphatic carbocycles. The second kappa shape index (κ2) is 6.23. The molecule has 0 saturated heterocycles. The molecule has 0 aliphatic heterocycles. The lowest BCUT2D eigenvalue weighted by atomic mass is 9.45. The zero-order valence-corrected chi connectivity index (χ0v) is 17.4. The van der Waals surface area contributed by atoms with Crippen LogP contribution in [-0.4, -0.2) is 32.9 Å². The second-order valence-electron chi connectivity index (χ2n) is 10.7. The minimum Gasteiger partial charge on any atom is -0.337 e. The number of hydrogen-bond donors (Lipinski definition) is 3. The number of aliphatic hydroxyl groups is 3. The Balaban J connectivity index is 1.70. The Morgan fingerprint density at radius 3 is 2.43 bits per heavy atom. The van der Waals surface area contributed by atoms with Crippen molar-refractivity contribution in [1.29, 1.82) is 0 Å². The summed E-state index contributed by atoms with van der Waals surface area (Å²) in [6.45, 7) is 8.69. The van der Waals surface area contributed by atoms with Gasteiger partial charge < -0.3 is 15.3 Å². The lowest BCUT2D eigenvalue weighted by molar-refractivity contribution is -0.292. The Hall–Kier alpha value is -1.04. The maximum atomic E-state index is 12.7. The number of allylic oxidation sites excluding steroid dienone is 1. The van der Waals surface area contributed by atoms with E-state index in [1.54, 1.807) is 0 Å². The monoisotopic (exact) mass is 390 g/mol. The normalized spacial score (nSPS) is 48.4. The van der Waals surface area contributed by atoms with E-state index in [1.807, 2.05) is 13.0 Å². The molecule has 0 aromatic carbocycles. The molecular formula is C23H34O5. The van der Waals surface area contributed by atoms with Crippen LogP contribution in [0.2, 0.25) is 0 Å². The summed E-state index contributed by atoms with van der Waals surface area (Å²) in [5.41, 5.74) is 1.06. The van der Waals surface area contributed by atoms with Crippen LogP contribution in [0, 0.1) is 46.3 Å². The molecule has 0 amide bonds. The SMILES string of the molecule is CC1C[C@H]2[C@@H]3CC(C)[C@H](C(=O)C(O)(O)O)[C@@]3(C)CC[C@@H]2[C@@]2(C)CCC(=O)C=C12. The van der Waals surface area contributed by atoms with Crippen LogP contribution in [0.5, 0.6) is 0 Å². The van der Waals surface area contributed by atoms with Gasteiger partial charge in [0.15, 0.2) is 5.78 Å². The highest BCUT2D eigenvalue weighted by Crippen LogP contribution is 2.68. The number of hydrogen-bond acceptors (Lipinski definition) is 5. The topological polar surface area (TPSA) is 94.8 Å². The Morgan fingerprint density at radius 1 is 1.11 bits per heavy atom. The van der Waals surface area contributed by atoms with E-state index in [0.717, 1.165) is 32.1 Å². The van der Waals surface area contributed by atoms with Gasteiger partial charge in [-0.15, -0.1) is 0 Å². The van der Waals surface area contributed by atoms with E-state index in [-0.39, 0.29) is 22.5 Å². The van der Waals surface area contributed by atoms with Crippen molar-refractivity contribution in [2.24, 2.45) is 46.3 Å². The van der Waals surface area contributed by atoms with Crippen molar-refractivity contribution in [1.82, 2.24) is 0 Å². The van der Waals surface area contributed by atoms with Gasteiger partial charge in [0.1, 0.15) is 0 Å². The van der Waals surface area contributed by atoms with Gasteiger partial charge in [0.25, 0.3) is 0 Å². The standard InChI is InChI=1S/C23H34O5/c1-12-9-15-16(21(3)7-5-14(24)11-17(12)21)6-8-22(4)18(15)10-13(2)19(22)20(25)23(26,27)28/h11-13,15-16,18-19,26-28H,5-10H2,1-4H3/t12?,13?,15-,16+,18+,19-,21-,22+/m1/s1. The van der Waals surface area contributed by atoms with E-state index in [0.29, 0.717) is 30.1 Å². The number of carbonyl (C=O) groups excluding carboxylic acids is 2. The molecule has 0 aromatic rings. The number of rotatable bonds is 2. The highest BCUT2D eigenvalue weighted by molar-refractivity contribution is 5.91. The average molecular weight is 391 g/mol. The summed E-state index contributed by atoms with van der Waals surface area (Å²) in [6.07, 6.45) is 7.19. The molecule has 0 spiro atoms. The summed E-state index contributed by atoms with van der Waals surface area (Å²) in [4.78, 5) is 24.8. The number of ketones is 2. The van der Waals surface area contributed by atoms with Gasteiger partial charge in [0.2, 0.25) is 5.78 Å². The molecule has 3 fully saturated rings. The third kappa shape index (κ3) is 2.69. The Kier molecular flexibility index (Phi) is 4.50. The molecule has 4 aliphatic rings. The van der Waals surface area contributed by atoms with Gasteiger partial charge in [-0.2, -0.15) is 0 Å². The molecule has 8 atom stereocenters. The fourth-order valence-corrected chi connectivity index (χ4v) is 8.12. The zero-order chi connectivity index (χ0) is 20.6. The van der Waals surface area contributed by atoms with E-state index in [2.05, 4.69) is 20.8 Å². The molecular weight excluding hydrogens is 356 g/mol. The van der Waals surface area contributed by atoms with Crippen LogP contribution in [0.4, 0.5) is 0 Å². The van der Waals surface area contributed by atoms with Gasteiger partial charge in [-0.25, -0.2) is 0 Å². The molecule has 0 aromatic heterocycles. The lowest BCUT2D eigenvalue weighted by Crippen LogP contribution is -2.54. The number of fused-ring (bicyclic) bond motifs is 5. The van der Waals surface area contributed by atoms with Crippen molar-refractivity contribution in [3.8, 4) is 0 Å². The highest BCUT2D eigenvalue weighted by atomic mass is 16.7. The summed E-state index contributed by atoms with van der Waals surface area (Å²) in [6, 6.07) is 0. The van der Waals surface area contributed by atoms with Gasteiger partial charge >= 0.3 is 5.97 Å². The third-order valence-corrected chi connectivity index (χ3v) is 9.23. The first-order valence-corrected chi connectivity index (χ1v) is 10.9.